The average Bonchev–Trinajstić information content (AvgIpc) is 3.30. The number of carbonyl (C=O) groups is 1. The van der Waals surface area contributed by atoms with E-state index >= 15 is 0 Å². The number of para-hydroxylation sites is 1. The highest BCUT2D eigenvalue weighted by Gasteiger charge is 2.20. The molecule has 4 heteroatoms. The number of aromatic nitrogens is 1. The van der Waals surface area contributed by atoms with Gasteiger partial charge in [-0.15, -0.1) is 0 Å². The Balaban J connectivity index is 1.27. The highest BCUT2D eigenvalue weighted by Crippen LogP contribution is 2.28. The molecule has 1 aliphatic rings. The standard InChI is InChI=1S/C19H26N2O2/c22-19(20-11-4-12-23-14-15-9-10-15)8-3-5-16-13-21-18-7-2-1-6-17(16)18/h1-2,6-7,13,15,21H,3-5,8-12,14H2,(H,20,22). The van der Waals surface area contributed by atoms with Crippen LogP contribution in [0.3, 0.4) is 0 Å². The lowest BCUT2D eigenvalue weighted by molar-refractivity contribution is -0.121. The van der Waals surface area contributed by atoms with E-state index in [0.29, 0.717) is 6.42 Å². The molecule has 0 bridgehead atoms. The summed E-state index contributed by atoms with van der Waals surface area (Å²) >= 11 is 0. The van der Waals surface area contributed by atoms with Crippen LogP contribution in [0.5, 0.6) is 0 Å². The Bertz CT molecular complexity index is 631. The van der Waals surface area contributed by atoms with E-state index < -0.39 is 0 Å². The Morgan fingerprint density at radius 2 is 2.13 bits per heavy atom. The van der Waals surface area contributed by atoms with Gasteiger partial charge in [-0.2, -0.15) is 0 Å². The number of rotatable bonds is 10. The molecule has 2 aromatic rings. The lowest BCUT2D eigenvalue weighted by atomic mass is 10.1. The highest BCUT2D eigenvalue weighted by molar-refractivity contribution is 5.83. The zero-order valence-corrected chi connectivity index (χ0v) is 13.6. The minimum Gasteiger partial charge on any atom is -0.381 e. The largest absolute Gasteiger partial charge is 0.381 e. The molecule has 1 amide bonds. The summed E-state index contributed by atoms with van der Waals surface area (Å²) in [5.41, 5.74) is 2.46. The number of benzene rings is 1. The quantitative estimate of drug-likeness (QED) is 0.660. The van der Waals surface area contributed by atoms with E-state index in [-0.39, 0.29) is 5.91 Å². The van der Waals surface area contributed by atoms with Gasteiger partial charge in [-0.25, -0.2) is 0 Å². The number of aryl methyl sites for hydroxylation is 1. The van der Waals surface area contributed by atoms with Gasteiger partial charge in [-0.1, -0.05) is 18.2 Å². The van der Waals surface area contributed by atoms with Crippen molar-refractivity contribution in [2.24, 2.45) is 5.92 Å². The van der Waals surface area contributed by atoms with Crippen molar-refractivity contribution >= 4 is 16.8 Å². The summed E-state index contributed by atoms with van der Waals surface area (Å²) in [5, 5.41) is 4.24. The molecule has 0 saturated heterocycles. The Morgan fingerprint density at radius 1 is 1.26 bits per heavy atom. The van der Waals surface area contributed by atoms with Gasteiger partial charge in [0.15, 0.2) is 0 Å². The van der Waals surface area contributed by atoms with Gasteiger partial charge >= 0.3 is 0 Å². The number of fused-ring (bicyclic) bond motifs is 1. The third kappa shape index (κ3) is 5.10. The summed E-state index contributed by atoms with van der Waals surface area (Å²) in [6.07, 6.45) is 8.01. The molecule has 1 heterocycles. The molecule has 1 fully saturated rings. The maximum absolute atomic E-state index is 11.8. The summed E-state index contributed by atoms with van der Waals surface area (Å²) in [5.74, 6) is 0.959. The fourth-order valence-electron chi connectivity index (χ4n) is 2.80. The first-order valence-corrected chi connectivity index (χ1v) is 8.72. The lowest BCUT2D eigenvalue weighted by Crippen LogP contribution is -2.25. The Morgan fingerprint density at radius 3 is 3.00 bits per heavy atom. The van der Waals surface area contributed by atoms with Crippen LogP contribution in [0.1, 0.15) is 37.7 Å². The van der Waals surface area contributed by atoms with Crippen LogP contribution in [0.15, 0.2) is 30.5 Å². The van der Waals surface area contributed by atoms with Crippen molar-refractivity contribution in [1.29, 1.82) is 0 Å². The van der Waals surface area contributed by atoms with E-state index in [0.717, 1.165) is 50.5 Å². The van der Waals surface area contributed by atoms with Gasteiger partial charge < -0.3 is 15.0 Å². The molecule has 4 nitrogen and oxygen atoms in total. The average molecular weight is 314 g/mol. The summed E-state index contributed by atoms with van der Waals surface area (Å²) in [7, 11) is 0. The van der Waals surface area contributed by atoms with E-state index in [1.165, 1.54) is 23.8 Å². The summed E-state index contributed by atoms with van der Waals surface area (Å²) < 4.78 is 5.56. The minimum absolute atomic E-state index is 0.145. The van der Waals surface area contributed by atoms with Crippen molar-refractivity contribution in [3.8, 4) is 0 Å². The summed E-state index contributed by atoms with van der Waals surface area (Å²) in [4.78, 5) is 15.1. The number of carbonyl (C=O) groups excluding carboxylic acids is 1. The monoisotopic (exact) mass is 314 g/mol. The van der Waals surface area contributed by atoms with Crippen molar-refractivity contribution in [2.45, 2.75) is 38.5 Å². The number of aromatic amines is 1. The third-order valence-electron chi connectivity index (χ3n) is 4.36. The minimum atomic E-state index is 0.145. The molecule has 1 aliphatic carbocycles. The van der Waals surface area contributed by atoms with Crippen molar-refractivity contribution in [3.63, 3.8) is 0 Å². The normalized spacial score (nSPS) is 14.3. The van der Waals surface area contributed by atoms with Crippen LogP contribution in [-0.2, 0) is 16.0 Å². The number of hydrogen-bond donors (Lipinski definition) is 2. The SMILES string of the molecule is O=C(CCCc1c[nH]c2ccccc12)NCCCOCC1CC1. The molecular weight excluding hydrogens is 288 g/mol. The van der Waals surface area contributed by atoms with Gasteiger partial charge in [-0.05, 0) is 49.7 Å². The van der Waals surface area contributed by atoms with Crippen molar-refractivity contribution in [2.75, 3.05) is 19.8 Å². The van der Waals surface area contributed by atoms with Crippen LogP contribution in [0.2, 0.25) is 0 Å². The fourth-order valence-corrected chi connectivity index (χ4v) is 2.80. The van der Waals surface area contributed by atoms with Crippen molar-refractivity contribution < 1.29 is 9.53 Å². The molecule has 1 saturated carbocycles. The third-order valence-corrected chi connectivity index (χ3v) is 4.36. The fraction of sp³-hybridized carbons (Fsp3) is 0.526. The summed E-state index contributed by atoms with van der Waals surface area (Å²) in [6.45, 7) is 2.38. The predicted octanol–water partition coefficient (Wildman–Crippen LogP) is 3.42. The van der Waals surface area contributed by atoms with E-state index in [1.54, 1.807) is 0 Å². The molecule has 3 rings (SSSR count). The zero-order chi connectivity index (χ0) is 15.9. The zero-order valence-electron chi connectivity index (χ0n) is 13.6. The second-order valence-corrected chi connectivity index (χ2v) is 6.43. The number of nitrogens with one attached hydrogen (secondary N) is 2. The van der Waals surface area contributed by atoms with Gasteiger partial charge in [0.25, 0.3) is 0 Å². The van der Waals surface area contributed by atoms with Crippen LogP contribution in [-0.4, -0.2) is 30.6 Å². The molecule has 0 aliphatic heterocycles. The van der Waals surface area contributed by atoms with Crippen LogP contribution in [0, 0.1) is 5.92 Å². The first kappa shape index (κ1) is 16.1. The van der Waals surface area contributed by atoms with Crippen LogP contribution >= 0.6 is 0 Å². The number of ether oxygens (including phenoxy) is 1. The molecule has 0 radical (unpaired) electrons. The van der Waals surface area contributed by atoms with Gasteiger partial charge in [0.05, 0.1) is 0 Å². The van der Waals surface area contributed by atoms with Gasteiger partial charge in [0.1, 0.15) is 0 Å². The molecule has 0 atom stereocenters. The Labute approximate surface area is 137 Å². The first-order valence-electron chi connectivity index (χ1n) is 8.72. The van der Waals surface area contributed by atoms with E-state index in [4.69, 9.17) is 4.74 Å². The first-order chi connectivity index (χ1) is 11.3. The maximum atomic E-state index is 11.8. The molecular formula is C19H26N2O2. The lowest BCUT2D eigenvalue weighted by Gasteiger charge is -2.06. The predicted molar refractivity (Wildman–Crippen MR) is 92.4 cm³/mol. The number of amides is 1. The molecule has 1 aromatic heterocycles. The Hall–Kier alpha value is -1.81. The molecule has 0 spiro atoms. The maximum Gasteiger partial charge on any atom is 0.220 e. The molecule has 1 aromatic carbocycles. The van der Waals surface area contributed by atoms with Crippen LogP contribution in [0.4, 0.5) is 0 Å². The number of H-pyrrole nitrogens is 1. The second-order valence-electron chi connectivity index (χ2n) is 6.43. The van der Waals surface area contributed by atoms with E-state index in [9.17, 15) is 4.79 Å². The van der Waals surface area contributed by atoms with Gasteiger partial charge in [-0.3, -0.25) is 4.79 Å². The molecule has 124 valence electrons. The summed E-state index contributed by atoms with van der Waals surface area (Å²) in [6, 6.07) is 8.29. The Kier molecular flexibility index (Phi) is 5.70. The van der Waals surface area contributed by atoms with E-state index in [2.05, 4.69) is 34.7 Å². The van der Waals surface area contributed by atoms with Gasteiger partial charge in [0.2, 0.25) is 5.91 Å². The molecule has 0 unspecified atom stereocenters. The molecule has 23 heavy (non-hydrogen) atoms. The number of hydrogen-bond acceptors (Lipinski definition) is 2. The van der Waals surface area contributed by atoms with E-state index in [1.807, 2.05) is 6.07 Å². The van der Waals surface area contributed by atoms with Crippen molar-refractivity contribution in [3.05, 3.63) is 36.0 Å². The van der Waals surface area contributed by atoms with Crippen molar-refractivity contribution in [1.82, 2.24) is 10.3 Å². The topological polar surface area (TPSA) is 54.1 Å². The second kappa shape index (κ2) is 8.16. The molecule has 2 N–H and O–H groups in total. The highest BCUT2D eigenvalue weighted by atomic mass is 16.5. The van der Waals surface area contributed by atoms with Crippen LogP contribution in [0.25, 0.3) is 10.9 Å². The van der Waals surface area contributed by atoms with Gasteiger partial charge in [0, 0.05) is 43.3 Å². The smallest absolute Gasteiger partial charge is 0.220 e. The van der Waals surface area contributed by atoms with Crippen LogP contribution < -0.4 is 5.32 Å².